The van der Waals surface area contributed by atoms with E-state index in [1.165, 1.54) is 18.2 Å². The SMILES string of the molecule is NC(c1ccc(Br)cc1F)c1ccc(Br)c(Cl)c1F. The number of rotatable bonds is 2. The molecule has 2 aromatic rings. The van der Waals surface area contributed by atoms with Gasteiger partial charge >= 0.3 is 0 Å². The molecular formula is C13H8Br2ClF2N. The molecule has 0 radical (unpaired) electrons. The zero-order valence-corrected chi connectivity index (χ0v) is 13.4. The lowest BCUT2D eigenvalue weighted by atomic mass is 9.99. The summed E-state index contributed by atoms with van der Waals surface area (Å²) in [5, 5.41) is -0.0644. The van der Waals surface area contributed by atoms with Gasteiger partial charge in [0.15, 0.2) is 0 Å². The highest BCUT2D eigenvalue weighted by Crippen LogP contribution is 2.33. The number of hydrogen-bond donors (Lipinski definition) is 1. The van der Waals surface area contributed by atoms with Crippen LogP contribution in [-0.2, 0) is 0 Å². The van der Waals surface area contributed by atoms with Crippen LogP contribution in [0.15, 0.2) is 39.3 Å². The van der Waals surface area contributed by atoms with E-state index in [0.717, 1.165) is 0 Å². The Morgan fingerprint density at radius 1 is 1.05 bits per heavy atom. The average Bonchev–Trinajstić information content (AvgIpc) is 2.35. The van der Waals surface area contributed by atoms with Gasteiger partial charge in [-0.1, -0.05) is 39.7 Å². The molecule has 0 aliphatic carbocycles. The van der Waals surface area contributed by atoms with Crippen LogP contribution in [0.2, 0.25) is 5.02 Å². The fourth-order valence-electron chi connectivity index (χ4n) is 1.70. The van der Waals surface area contributed by atoms with E-state index in [9.17, 15) is 8.78 Å². The Balaban J connectivity index is 2.50. The largest absolute Gasteiger partial charge is 0.320 e. The number of benzene rings is 2. The summed E-state index contributed by atoms with van der Waals surface area (Å²) >= 11 is 12.1. The first-order valence-electron chi connectivity index (χ1n) is 5.25. The molecule has 100 valence electrons. The van der Waals surface area contributed by atoms with E-state index in [0.29, 0.717) is 8.95 Å². The average molecular weight is 411 g/mol. The molecule has 0 aromatic heterocycles. The van der Waals surface area contributed by atoms with Gasteiger partial charge in [0.05, 0.1) is 11.1 Å². The third-order valence-corrected chi connectivity index (χ3v) is 4.45. The Morgan fingerprint density at radius 3 is 2.32 bits per heavy atom. The fraction of sp³-hybridized carbons (Fsp3) is 0.0769. The van der Waals surface area contributed by atoms with E-state index < -0.39 is 17.7 Å². The van der Waals surface area contributed by atoms with Gasteiger partial charge in [0, 0.05) is 20.1 Å². The minimum Gasteiger partial charge on any atom is -0.320 e. The maximum Gasteiger partial charge on any atom is 0.148 e. The van der Waals surface area contributed by atoms with Gasteiger partial charge in [0.1, 0.15) is 11.6 Å². The fourth-order valence-corrected chi connectivity index (χ4v) is 2.51. The third-order valence-electron chi connectivity index (χ3n) is 2.70. The monoisotopic (exact) mass is 409 g/mol. The number of halogens is 5. The predicted molar refractivity (Wildman–Crippen MR) is 79.2 cm³/mol. The van der Waals surface area contributed by atoms with Crippen molar-refractivity contribution in [3.8, 4) is 0 Å². The Morgan fingerprint density at radius 2 is 1.68 bits per heavy atom. The minimum atomic E-state index is -0.918. The Hall–Kier alpha value is -0.490. The second-order valence-corrected chi connectivity index (χ2v) is 6.06. The standard InChI is InChI=1S/C13H8Br2ClF2N/c14-6-1-2-7(10(17)5-6)13(19)8-3-4-9(15)11(16)12(8)18/h1-5,13H,19H2. The van der Waals surface area contributed by atoms with Crippen molar-refractivity contribution in [1.29, 1.82) is 0 Å². The molecule has 0 spiro atoms. The van der Waals surface area contributed by atoms with E-state index in [1.54, 1.807) is 12.1 Å². The number of nitrogens with two attached hydrogens (primary N) is 1. The van der Waals surface area contributed by atoms with Crippen LogP contribution < -0.4 is 5.73 Å². The molecule has 0 saturated heterocycles. The molecule has 19 heavy (non-hydrogen) atoms. The summed E-state index contributed by atoms with van der Waals surface area (Å²) in [6.45, 7) is 0. The Labute approximate surface area is 131 Å². The summed E-state index contributed by atoms with van der Waals surface area (Å²) in [5.74, 6) is -1.15. The quantitative estimate of drug-likeness (QED) is 0.676. The lowest BCUT2D eigenvalue weighted by Crippen LogP contribution is -2.15. The zero-order valence-electron chi connectivity index (χ0n) is 9.43. The summed E-state index contributed by atoms with van der Waals surface area (Å²) in [4.78, 5) is 0. The zero-order chi connectivity index (χ0) is 14.2. The maximum absolute atomic E-state index is 14.0. The van der Waals surface area contributed by atoms with Crippen molar-refractivity contribution in [3.63, 3.8) is 0 Å². The van der Waals surface area contributed by atoms with Crippen molar-refractivity contribution < 1.29 is 8.78 Å². The summed E-state index contributed by atoms with van der Waals surface area (Å²) in [6.07, 6.45) is 0. The predicted octanol–water partition coefficient (Wildman–Crippen LogP) is 5.19. The lowest BCUT2D eigenvalue weighted by molar-refractivity contribution is 0.575. The van der Waals surface area contributed by atoms with Crippen molar-refractivity contribution in [2.75, 3.05) is 0 Å². The van der Waals surface area contributed by atoms with Gasteiger partial charge in [-0.25, -0.2) is 8.78 Å². The molecular weight excluding hydrogens is 403 g/mol. The second kappa shape index (κ2) is 5.87. The molecule has 0 amide bonds. The van der Waals surface area contributed by atoms with Crippen molar-refractivity contribution in [1.82, 2.24) is 0 Å². The Bertz CT molecular complexity index is 634. The van der Waals surface area contributed by atoms with Crippen LogP contribution in [0, 0.1) is 11.6 Å². The summed E-state index contributed by atoms with van der Waals surface area (Å²) in [5.41, 5.74) is 6.27. The highest BCUT2D eigenvalue weighted by molar-refractivity contribution is 9.10. The lowest BCUT2D eigenvalue weighted by Gasteiger charge is -2.15. The molecule has 2 rings (SSSR count). The van der Waals surface area contributed by atoms with Crippen LogP contribution in [-0.4, -0.2) is 0 Å². The molecule has 0 fully saturated rings. The van der Waals surface area contributed by atoms with Crippen molar-refractivity contribution in [2.45, 2.75) is 6.04 Å². The molecule has 1 atom stereocenters. The first-order valence-corrected chi connectivity index (χ1v) is 7.22. The van der Waals surface area contributed by atoms with Crippen molar-refractivity contribution >= 4 is 43.5 Å². The van der Waals surface area contributed by atoms with Gasteiger partial charge in [-0.3, -0.25) is 0 Å². The molecule has 0 saturated carbocycles. The molecule has 0 heterocycles. The van der Waals surface area contributed by atoms with E-state index in [1.807, 2.05) is 0 Å². The van der Waals surface area contributed by atoms with Crippen molar-refractivity contribution in [3.05, 3.63) is 67.1 Å². The first-order chi connectivity index (χ1) is 8.91. The molecule has 1 unspecified atom stereocenters. The van der Waals surface area contributed by atoms with Crippen LogP contribution in [0.4, 0.5) is 8.78 Å². The van der Waals surface area contributed by atoms with Crippen LogP contribution in [0.25, 0.3) is 0 Å². The summed E-state index contributed by atoms with van der Waals surface area (Å²) < 4.78 is 28.9. The summed E-state index contributed by atoms with van der Waals surface area (Å²) in [7, 11) is 0. The minimum absolute atomic E-state index is 0.0644. The molecule has 2 N–H and O–H groups in total. The van der Waals surface area contributed by atoms with Gasteiger partial charge < -0.3 is 5.73 Å². The van der Waals surface area contributed by atoms with Crippen LogP contribution in [0.1, 0.15) is 17.2 Å². The van der Waals surface area contributed by atoms with E-state index >= 15 is 0 Å². The van der Waals surface area contributed by atoms with Crippen LogP contribution >= 0.6 is 43.5 Å². The summed E-state index contributed by atoms with van der Waals surface area (Å²) in [6, 6.07) is 6.59. The third kappa shape index (κ3) is 2.99. The molecule has 0 aliphatic heterocycles. The molecule has 1 nitrogen and oxygen atoms in total. The van der Waals surface area contributed by atoms with Gasteiger partial charge in [0.25, 0.3) is 0 Å². The van der Waals surface area contributed by atoms with E-state index in [4.69, 9.17) is 17.3 Å². The van der Waals surface area contributed by atoms with Crippen LogP contribution in [0.5, 0.6) is 0 Å². The molecule has 0 aliphatic rings. The van der Waals surface area contributed by atoms with Crippen LogP contribution in [0.3, 0.4) is 0 Å². The second-order valence-electron chi connectivity index (χ2n) is 3.91. The molecule has 0 bridgehead atoms. The van der Waals surface area contributed by atoms with E-state index in [2.05, 4.69) is 31.9 Å². The molecule has 2 aromatic carbocycles. The highest BCUT2D eigenvalue weighted by Gasteiger charge is 2.20. The van der Waals surface area contributed by atoms with E-state index in [-0.39, 0.29) is 16.1 Å². The normalized spacial score (nSPS) is 12.5. The highest BCUT2D eigenvalue weighted by atomic mass is 79.9. The van der Waals surface area contributed by atoms with Gasteiger partial charge in [-0.05, 0) is 34.1 Å². The maximum atomic E-state index is 14.0. The van der Waals surface area contributed by atoms with Crippen molar-refractivity contribution in [2.24, 2.45) is 5.73 Å². The Kier molecular flexibility index (Phi) is 4.61. The smallest absolute Gasteiger partial charge is 0.148 e. The van der Waals surface area contributed by atoms with Gasteiger partial charge in [0.2, 0.25) is 0 Å². The number of hydrogen-bond acceptors (Lipinski definition) is 1. The molecule has 6 heteroatoms. The first kappa shape index (κ1) is 14.9. The van der Waals surface area contributed by atoms with Gasteiger partial charge in [-0.15, -0.1) is 0 Å². The topological polar surface area (TPSA) is 26.0 Å². The van der Waals surface area contributed by atoms with Gasteiger partial charge in [-0.2, -0.15) is 0 Å².